The van der Waals surface area contributed by atoms with Gasteiger partial charge in [0.05, 0.1) is 16.7 Å². The van der Waals surface area contributed by atoms with Crippen LogP contribution in [0.3, 0.4) is 0 Å². The molecule has 0 radical (unpaired) electrons. The second-order valence-corrected chi connectivity index (χ2v) is 4.89. The molecule has 0 aliphatic heterocycles. The van der Waals surface area contributed by atoms with E-state index in [1.54, 1.807) is 6.07 Å². The zero-order valence-electron chi connectivity index (χ0n) is 8.44. The molecule has 0 saturated carbocycles. The van der Waals surface area contributed by atoms with Gasteiger partial charge in [0.1, 0.15) is 17.4 Å². The summed E-state index contributed by atoms with van der Waals surface area (Å²) in [5.41, 5.74) is 0.105. The molecule has 1 aromatic heterocycles. The van der Waals surface area contributed by atoms with E-state index in [1.165, 1.54) is 0 Å². The first kappa shape index (κ1) is 12.6. The van der Waals surface area contributed by atoms with E-state index in [0.29, 0.717) is 10.4 Å². The predicted octanol–water partition coefficient (Wildman–Crippen LogP) is 4.69. The fourth-order valence-corrected chi connectivity index (χ4v) is 1.95. The molecule has 0 spiro atoms. The van der Waals surface area contributed by atoms with E-state index in [9.17, 15) is 8.78 Å². The van der Waals surface area contributed by atoms with Crippen LogP contribution < -0.4 is 5.32 Å². The van der Waals surface area contributed by atoms with Crippen molar-refractivity contribution in [3.8, 4) is 0 Å². The summed E-state index contributed by atoms with van der Waals surface area (Å²) in [5, 5.41) is 2.76. The number of nitrogens with one attached hydrogen (secondary N) is 1. The van der Waals surface area contributed by atoms with Crippen LogP contribution in [0, 0.1) is 11.6 Å². The van der Waals surface area contributed by atoms with Gasteiger partial charge in [-0.2, -0.15) is 0 Å². The van der Waals surface area contributed by atoms with Gasteiger partial charge in [-0.15, -0.1) is 0 Å². The lowest BCUT2D eigenvalue weighted by Crippen LogP contribution is -2.00. The van der Waals surface area contributed by atoms with Crippen molar-refractivity contribution in [1.82, 2.24) is 0 Å². The lowest BCUT2D eigenvalue weighted by Gasteiger charge is -2.05. The van der Waals surface area contributed by atoms with Gasteiger partial charge < -0.3 is 9.73 Å². The van der Waals surface area contributed by atoms with Crippen LogP contribution in [0.5, 0.6) is 0 Å². The number of furan rings is 1. The molecule has 0 aliphatic rings. The summed E-state index contributed by atoms with van der Waals surface area (Å²) in [6.07, 6.45) is 0. The summed E-state index contributed by atoms with van der Waals surface area (Å²) < 4.78 is 32.8. The van der Waals surface area contributed by atoms with E-state index in [1.807, 2.05) is 0 Å². The summed E-state index contributed by atoms with van der Waals surface area (Å²) in [4.78, 5) is 0. The summed E-state index contributed by atoms with van der Waals surface area (Å²) in [6, 6.07) is 4.99. The van der Waals surface area contributed by atoms with Crippen LogP contribution in [-0.4, -0.2) is 0 Å². The lowest BCUT2D eigenvalue weighted by molar-refractivity contribution is 0.493. The first-order chi connectivity index (χ1) is 8.06. The van der Waals surface area contributed by atoms with Crippen molar-refractivity contribution in [3.05, 3.63) is 50.8 Å². The topological polar surface area (TPSA) is 25.2 Å². The Labute approximate surface area is 113 Å². The largest absolute Gasteiger partial charge is 0.451 e. The molecule has 1 N–H and O–H groups in total. The number of hydrogen-bond acceptors (Lipinski definition) is 2. The van der Waals surface area contributed by atoms with Gasteiger partial charge in [-0.3, -0.25) is 0 Å². The number of rotatable bonds is 3. The molecule has 17 heavy (non-hydrogen) atoms. The first-order valence-corrected chi connectivity index (χ1v) is 6.27. The molecule has 0 unspecified atom stereocenters. The Bertz CT molecular complexity index is 523. The Hall–Kier alpha value is -0.880. The molecule has 1 aromatic carbocycles. The standard InChI is InChI=1S/C11H7Br2F2NO/c12-8-4-7(17-11(8)13)5-16-10-3-6(14)1-2-9(10)15/h1-4,16H,5H2. The quantitative estimate of drug-likeness (QED) is 0.852. The highest BCUT2D eigenvalue weighted by Gasteiger charge is 2.08. The molecule has 0 saturated heterocycles. The van der Waals surface area contributed by atoms with Crippen LogP contribution in [0.2, 0.25) is 0 Å². The van der Waals surface area contributed by atoms with E-state index in [4.69, 9.17) is 4.42 Å². The third-order valence-corrected chi connectivity index (χ3v) is 3.79. The molecule has 0 aliphatic carbocycles. The Morgan fingerprint density at radius 2 is 1.94 bits per heavy atom. The summed E-state index contributed by atoms with van der Waals surface area (Å²) >= 11 is 6.46. The first-order valence-electron chi connectivity index (χ1n) is 4.69. The molecular formula is C11H7Br2F2NO. The third-order valence-electron chi connectivity index (χ3n) is 2.08. The number of benzene rings is 1. The van der Waals surface area contributed by atoms with Crippen LogP contribution in [0.4, 0.5) is 14.5 Å². The van der Waals surface area contributed by atoms with Crippen molar-refractivity contribution in [2.24, 2.45) is 0 Å². The van der Waals surface area contributed by atoms with Crippen LogP contribution in [-0.2, 0) is 6.54 Å². The Morgan fingerprint density at radius 3 is 2.59 bits per heavy atom. The fraction of sp³-hybridized carbons (Fsp3) is 0.0909. The Kier molecular flexibility index (Phi) is 3.83. The molecule has 2 nitrogen and oxygen atoms in total. The number of halogens is 4. The van der Waals surface area contributed by atoms with Crippen molar-refractivity contribution < 1.29 is 13.2 Å². The van der Waals surface area contributed by atoms with Crippen LogP contribution >= 0.6 is 31.9 Å². The van der Waals surface area contributed by atoms with Gasteiger partial charge in [-0.05, 0) is 56.1 Å². The SMILES string of the molecule is Fc1ccc(F)c(NCc2cc(Br)c(Br)o2)c1. The van der Waals surface area contributed by atoms with E-state index in [2.05, 4.69) is 37.2 Å². The zero-order valence-corrected chi connectivity index (χ0v) is 11.6. The normalized spacial score (nSPS) is 10.6. The monoisotopic (exact) mass is 365 g/mol. The highest BCUT2D eigenvalue weighted by molar-refractivity contribution is 9.13. The third kappa shape index (κ3) is 3.07. The lowest BCUT2D eigenvalue weighted by atomic mass is 10.3. The van der Waals surface area contributed by atoms with Crippen molar-refractivity contribution >= 4 is 37.5 Å². The highest BCUT2D eigenvalue weighted by Crippen LogP contribution is 2.27. The van der Waals surface area contributed by atoms with Crippen LogP contribution in [0.1, 0.15) is 5.76 Å². The summed E-state index contributed by atoms with van der Waals surface area (Å²) in [6.45, 7) is 0.268. The second kappa shape index (κ2) is 5.18. The van der Waals surface area contributed by atoms with Crippen molar-refractivity contribution in [2.45, 2.75) is 6.54 Å². The average molecular weight is 367 g/mol. The zero-order chi connectivity index (χ0) is 12.4. The van der Waals surface area contributed by atoms with Gasteiger partial charge >= 0.3 is 0 Å². The Balaban J connectivity index is 2.09. The molecule has 0 bridgehead atoms. The van der Waals surface area contributed by atoms with E-state index >= 15 is 0 Å². The maximum Gasteiger partial charge on any atom is 0.183 e. The van der Waals surface area contributed by atoms with Crippen LogP contribution in [0.25, 0.3) is 0 Å². The second-order valence-electron chi connectivity index (χ2n) is 3.31. The number of anilines is 1. The molecule has 6 heteroatoms. The number of hydrogen-bond donors (Lipinski definition) is 1. The summed E-state index contributed by atoms with van der Waals surface area (Å²) in [7, 11) is 0. The van der Waals surface area contributed by atoms with Crippen molar-refractivity contribution in [1.29, 1.82) is 0 Å². The predicted molar refractivity (Wildman–Crippen MR) is 67.8 cm³/mol. The fourth-order valence-electron chi connectivity index (χ4n) is 1.29. The molecule has 1 heterocycles. The van der Waals surface area contributed by atoms with Gasteiger partial charge in [0.25, 0.3) is 0 Å². The van der Waals surface area contributed by atoms with Gasteiger partial charge in [0.2, 0.25) is 0 Å². The molecule has 2 rings (SSSR count). The van der Waals surface area contributed by atoms with Gasteiger partial charge in [0, 0.05) is 0 Å². The summed E-state index contributed by atoms with van der Waals surface area (Å²) in [5.74, 6) is -0.390. The van der Waals surface area contributed by atoms with E-state index in [0.717, 1.165) is 22.7 Å². The van der Waals surface area contributed by atoms with Crippen molar-refractivity contribution in [3.63, 3.8) is 0 Å². The minimum atomic E-state index is -0.504. The highest BCUT2D eigenvalue weighted by atomic mass is 79.9. The van der Waals surface area contributed by atoms with Crippen molar-refractivity contribution in [2.75, 3.05) is 5.32 Å². The Morgan fingerprint density at radius 1 is 1.18 bits per heavy atom. The smallest absolute Gasteiger partial charge is 0.183 e. The molecule has 2 aromatic rings. The molecular weight excluding hydrogens is 360 g/mol. The van der Waals surface area contributed by atoms with Gasteiger partial charge in [0.15, 0.2) is 4.67 Å². The van der Waals surface area contributed by atoms with Gasteiger partial charge in [-0.25, -0.2) is 8.78 Å². The maximum atomic E-state index is 13.3. The molecule has 0 fully saturated rings. The van der Waals surface area contributed by atoms with Gasteiger partial charge in [-0.1, -0.05) is 0 Å². The maximum absolute atomic E-state index is 13.3. The van der Waals surface area contributed by atoms with E-state index < -0.39 is 11.6 Å². The minimum absolute atomic E-state index is 0.105. The van der Waals surface area contributed by atoms with E-state index in [-0.39, 0.29) is 12.2 Å². The molecule has 0 atom stereocenters. The minimum Gasteiger partial charge on any atom is -0.451 e. The molecule has 0 amide bonds. The van der Waals surface area contributed by atoms with Crippen LogP contribution in [0.15, 0.2) is 37.8 Å². The average Bonchev–Trinajstić information content (AvgIpc) is 2.60. The molecule has 90 valence electrons.